The highest BCUT2D eigenvalue weighted by atomic mass is 32.2. The number of sulfonamides is 1. The highest BCUT2D eigenvalue weighted by molar-refractivity contribution is 7.89. The van der Waals surface area contributed by atoms with E-state index in [1.165, 1.54) is 27.4 Å². The largest absolute Gasteiger partial charge is 0.508 e. The zero-order valence-corrected chi connectivity index (χ0v) is 17.3. The number of hydrogen-bond donors (Lipinski definition) is 2. The summed E-state index contributed by atoms with van der Waals surface area (Å²) < 4.78 is 27.0. The lowest BCUT2D eigenvalue weighted by molar-refractivity contribution is 0.0695. The second-order valence-electron chi connectivity index (χ2n) is 7.41. The van der Waals surface area contributed by atoms with Crippen molar-refractivity contribution in [1.82, 2.24) is 9.21 Å². The maximum atomic E-state index is 12.9. The van der Waals surface area contributed by atoms with E-state index in [9.17, 15) is 23.4 Å². The summed E-state index contributed by atoms with van der Waals surface area (Å²) in [7, 11) is -3.62. The molecule has 1 heterocycles. The number of benzene rings is 3. The van der Waals surface area contributed by atoms with Gasteiger partial charge < -0.3 is 15.1 Å². The fraction of sp³-hybridized carbons (Fsp3) is 0.227. The Labute approximate surface area is 174 Å². The number of aryl methyl sites for hydroxylation is 1. The number of carbonyl (C=O) groups is 1. The number of piperazine rings is 1. The van der Waals surface area contributed by atoms with Crippen molar-refractivity contribution in [2.45, 2.75) is 11.8 Å². The average molecular weight is 426 g/mol. The van der Waals surface area contributed by atoms with Crippen molar-refractivity contribution < 1.29 is 23.4 Å². The van der Waals surface area contributed by atoms with Crippen LogP contribution in [0.2, 0.25) is 0 Å². The van der Waals surface area contributed by atoms with Crippen LogP contribution < -0.4 is 0 Å². The molecule has 1 aliphatic rings. The second kappa shape index (κ2) is 7.62. The number of aromatic hydroxyl groups is 2. The monoisotopic (exact) mass is 426 g/mol. The van der Waals surface area contributed by atoms with E-state index in [4.69, 9.17) is 0 Å². The van der Waals surface area contributed by atoms with Crippen LogP contribution in [0.3, 0.4) is 0 Å². The number of carbonyl (C=O) groups excluding carboxylic acids is 1. The summed E-state index contributed by atoms with van der Waals surface area (Å²) in [5.41, 5.74) is 1.11. The third kappa shape index (κ3) is 3.71. The summed E-state index contributed by atoms with van der Waals surface area (Å²) in [5, 5.41) is 21.3. The Morgan fingerprint density at radius 1 is 0.867 bits per heavy atom. The minimum atomic E-state index is -3.62. The lowest BCUT2D eigenvalue weighted by Gasteiger charge is -2.34. The van der Waals surface area contributed by atoms with Crippen LogP contribution in [0.25, 0.3) is 10.8 Å². The van der Waals surface area contributed by atoms with Crippen molar-refractivity contribution >= 4 is 26.7 Å². The zero-order valence-electron chi connectivity index (χ0n) is 16.4. The van der Waals surface area contributed by atoms with Crippen molar-refractivity contribution in [2.24, 2.45) is 0 Å². The van der Waals surface area contributed by atoms with Gasteiger partial charge in [0.2, 0.25) is 10.0 Å². The second-order valence-corrected chi connectivity index (χ2v) is 9.35. The van der Waals surface area contributed by atoms with Crippen LogP contribution in [0.4, 0.5) is 0 Å². The van der Waals surface area contributed by atoms with E-state index in [0.29, 0.717) is 10.8 Å². The molecule has 156 valence electrons. The summed E-state index contributed by atoms with van der Waals surface area (Å²) in [6.45, 7) is 2.70. The molecule has 0 aliphatic carbocycles. The van der Waals surface area contributed by atoms with E-state index >= 15 is 0 Å². The Bertz CT molecular complexity index is 1210. The number of fused-ring (bicyclic) bond motifs is 1. The minimum absolute atomic E-state index is 0.0708. The molecule has 0 unspecified atom stereocenters. The molecular formula is C22H22N2O5S. The summed E-state index contributed by atoms with van der Waals surface area (Å²) in [6.07, 6.45) is 0. The summed E-state index contributed by atoms with van der Waals surface area (Å²) >= 11 is 0. The number of nitrogens with zero attached hydrogens (tertiary/aromatic N) is 2. The third-order valence-electron chi connectivity index (χ3n) is 5.35. The molecule has 0 atom stereocenters. The lowest BCUT2D eigenvalue weighted by atomic mass is 10.0. The van der Waals surface area contributed by atoms with Crippen LogP contribution >= 0.6 is 0 Å². The molecule has 0 spiro atoms. The summed E-state index contributed by atoms with van der Waals surface area (Å²) in [4.78, 5) is 14.7. The molecule has 2 N–H and O–H groups in total. The normalized spacial score (nSPS) is 15.4. The highest BCUT2D eigenvalue weighted by Gasteiger charge is 2.31. The van der Waals surface area contributed by atoms with Gasteiger partial charge in [0.1, 0.15) is 11.5 Å². The molecule has 7 nitrogen and oxygen atoms in total. The fourth-order valence-electron chi connectivity index (χ4n) is 3.61. The first-order valence-corrected chi connectivity index (χ1v) is 11.0. The first kappa shape index (κ1) is 20.2. The summed E-state index contributed by atoms with van der Waals surface area (Å²) in [6, 6.07) is 14.4. The number of amides is 1. The van der Waals surface area contributed by atoms with Crippen molar-refractivity contribution in [3.05, 3.63) is 65.7 Å². The Morgan fingerprint density at radius 2 is 1.53 bits per heavy atom. The zero-order chi connectivity index (χ0) is 21.5. The van der Waals surface area contributed by atoms with Crippen molar-refractivity contribution in [3.63, 3.8) is 0 Å². The smallest absolute Gasteiger partial charge is 0.257 e. The van der Waals surface area contributed by atoms with Gasteiger partial charge in [-0.15, -0.1) is 0 Å². The Kier molecular flexibility index (Phi) is 5.13. The van der Waals surface area contributed by atoms with Gasteiger partial charge in [0.05, 0.1) is 10.5 Å². The van der Waals surface area contributed by atoms with Crippen molar-refractivity contribution in [2.75, 3.05) is 26.2 Å². The van der Waals surface area contributed by atoms with E-state index in [2.05, 4.69) is 0 Å². The number of hydrogen-bond acceptors (Lipinski definition) is 5. The molecule has 4 rings (SSSR count). The van der Waals surface area contributed by atoms with Gasteiger partial charge >= 0.3 is 0 Å². The molecule has 1 saturated heterocycles. The highest BCUT2D eigenvalue weighted by Crippen LogP contribution is 2.29. The van der Waals surface area contributed by atoms with Crippen LogP contribution in [0.15, 0.2) is 59.5 Å². The van der Waals surface area contributed by atoms with Crippen LogP contribution in [0.5, 0.6) is 11.5 Å². The minimum Gasteiger partial charge on any atom is -0.508 e. The molecule has 1 amide bonds. The van der Waals surface area contributed by atoms with Gasteiger partial charge in [0.15, 0.2) is 0 Å². The molecule has 8 heteroatoms. The van der Waals surface area contributed by atoms with E-state index in [0.717, 1.165) is 5.56 Å². The molecule has 0 radical (unpaired) electrons. The maximum absolute atomic E-state index is 12.9. The SMILES string of the molecule is Cc1ccc(S(=O)(=O)N2CCN(C(=O)c3cc4cc(O)ccc4cc3O)CC2)cc1. The van der Waals surface area contributed by atoms with E-state index in [1.54, 1.807) is 36.4 Å². The maximum Gasteiger partial charge on any atom is 0.257 e. The van der Waals surface area contributed by atoms with Gasteiger partial charge in [-0.05, 0) is 54.1 Å². The first-order chi connectivity index (χ1) is 14.3. The van der Waals surface area contributed by atoms with Gasteiger partial charge in [-0.25, -0.2) is 8.42 Å². The fourth-order valence-corrected chi connectivity index (χ4v) is 5.03. The van der Waals surface area contributed by atoms with Gasteiger partial charge in [0.25, 0.3) is 5.91 Å². The summed E-state index contributed by atoms with van der Waals surface area (Å²) in [5.74, 6) is -0.445. The van der Waals surface area contributed by atoms with Gasteiger partial charge in [-0.1, -0.05) is 23.8 Å². The third-order valence-corrected chi connectivity index (χ3v) is 7.27. The van der Waals surface area contributed by atoms with Crippen LogP contribution in [-0.2, 0) is 10.0 Å². The predicted octanol–water partition coefficient (Wildman–Crippen LogP) is 2.71. The first-order valence-electron chi connectivity index (χ1n) is 9.57. The average Bonchev–Trinajstić information content (AvgIpc) is 2.73. The molecule has 0 aromatic heterocycles. The molecule has 1 fully saturated rings. The molecule has 30 heavy (non-hydrogen) atoms. The molecule has 1 aliphatic heterocycles. The molecular weight excluding hydrogens is 404 g/mol. The van der Waals surface area contributed by atoms with Crippen molar-refractivity contribution in [3.8, 4) is 11.5 Å². The Morgan fingerprint density at radius 3 is 2.20 bits per heavy atom. The van der Waals surface area contributed by atoms with Crippen LogP contribution in [0.1, 0.15) is 15.9 Å². The van der Waals surface area contributed by atoms with Gasteiger partial charge in [-0.2, -0.15) is 4.31 Å². The van der Waals surface area contributed by atoms with Gasteiger partial charge in [0, 0.05) is 26.2 Å². The van der Waals surface area contributed by atoms with Crippen LogP contribution in [0, 0.1) is 6.92 Å². The number of phenolic OH excluding ortho intramolecular Hbond substituents is 2. The van der Waals surface area contributed by atoms with E-state index in [-0.39, 0.29) is 54.0 Å². The number of rotatable bonds is 3. The molecule has 0 saturated carbocycles. The molecule has 3 aromatic carbocycles. The Hall–Kier alpha value is -3.10. The van der Waals surface area contributed by atoms with Crippen LogP contribution in [-0.4, -0.2) is 59.9 Å². The van der Waals surface area contributed by atoms with Gasteiger partial charge in [-0.3, -0.25) is 4.79 Å². The quantitative estimate of drug-likeness (QED) is 0.671. The van der Waals surface area contributed by atoms with Crippen molar-refractivity contribution in [1.29, 1.82) is 0 Å². The topological polar surface area (TPSA) is 98.2 Å². The standard InChI is InChI=1S/C22H22N2O5S/c1-15-2-6-19(7-3-15)30(28,29)24-10-8-23(9-11-24)22(27)20-13-17-12-18(25)5-4-16(17)14-21(20)26/h2-7,12-14,25-26H,8-11H2,1H3. The number of phenols is 2. The lowest BCUT2D eigenvalue weighted by Crippen LogP contribution is -2.50. The Balaban J connectivity index is 1.51. The predicted molar refractivity (Wildman–Crippen MR) is 113 cm³/mol. The molecule has 3 aromatic rings. The molecule has 0 bridgehead atoms. The van der Waals surface area contributed by atoms with E-state index in [1.807, 2.05) is 6.92 Å². The van der Waals surface area contributed by atoms with E-state index < -0.39 is 10.0 Å².